The smallest absolute Gasteiger partial charge is 0.224 e. The molecule has 2 fully saturated rings. The molecule has 0 radical (unpaired) electrons. The van der Waals surface area contributed by atoms with Gasteiger partial charge in [-0.15, -0.1) is 0 Å². The highest BCUT2D eigenvalue weighted by molar-refractivity contribution is 7.88. The Bertz CT molecular complexity index is 792. The highest BCUT2D eigenvalue weighted by Crippen LogP contribution is 2.19. The van der Waals surface area contributed by atoms with Crippen molar-refractivity contribution in [1.82, 2.24) is 14.5 Å². The number of nitrogens with zero attached hydrogens (tertiary/aromatic N) is 2. The van der Waals surface area contributed by atoms with Crippen LogP contribution >= 0.6 is 0 Å². The van der Waals surface area contributed by atoms with Crippen molar-refractivity contribution in [1.29, 1.82) is 0 Å². The molecule has 1 aromatic rings. The number of amides is 2. The van der Waals surface area contributed by atoms with E-state index in [1.807, 2.05) is 29.2 Å². The summed E-state index contributed by atoms with van der Waals surface area (Å²) in [6.07, 6.45) is 4.17. The summed E-state index contributed by atoms with van der Waals surface area (Å²) in [6.45, 7) is 2.62. The average Bonchev–Trinajstić information content (AvgIpc) is 3.05. The Morgan fingerprint density at radius 1 is 1.15 bits per heavy atom. The van der Waals surface area contributed by atoms with Crippen LogP contribution in [0.3, 0.4) is 0 Å². The van der Waals surface area contributed by atoms with E-state index in [0.717, 1.165) is 24.1 Å². The maximum Gasteiger partial charge on any atom is 0.224 e. The molecule has 2 aliphatic heterocycles. The van der Waals surface area contributed by atoms with Crippen LogP contribution in [0.4, 0.5) is 0 Å². The number of sulfonamides is 1. The van der Waals surface area contributed by atoms with Gasteiger partial charge in [-0.1, -0.05) is 24.3 Å². The molecule has 0 aromatic heterocycles. The van der Waals surface area contributed by atoms with Crippen LogP contribution in [0, 0.1) is 5.92 Å². The summed E-state index contributed by atoms with van der Waals surface area (Å²) in [6, 6.07) is 7.89. The van der Waals surface area contributed by atoms with Crippen LogP contribution in [0.2, 0.25) is 0 Å². The van der Waals surface area contributed by atoms with Crippen molar-refractivity contribution >= 4 is 21.8 Å². The van der Waals surface area contributed by atoms with Gasteiger partial charge >= 0.3 is 0 Å². The van der Waals surface area contributed by atoms with E-state index in [9.17, 15) is 18.0 Å². The van der Waals surface area contributed by atoms with Crippen LogP contribution in [0.5, 0.6) is 0 Å². The minimum Gasteiger partial charge on any atom is -0.352 e. The Morgan fingerprint density at radius 3 is 2.48 bits per heavy atom. The second kappa shape index (κ2) is 8.39. The molecule has 3 rings (SSSR count). The first-order valence-corrected chi connectivity index (χ1v) is 11.3. The van der Waals surface area contributed by atoms with Gasteiger partial charge in [-0.25, -0.2) is 12.7 Å². The number of carbonyl (C=O) groups is 2. The van der Waals surface area contributed by atoms with Gasteiger partial charge in [0.15, 0.2) is 0 Å². The van der Waals surface area contributed by atoms with Gasteiger partial charge in [-0.2, -0.15) is 0 Å². The lowest BCUT2D eigenvalue weighted by Crippen LogP contribution is -2.44. The molecule has 2 saturated heterocycles. The lowest BCUT2D eigenvalue weighted by Gasteiger charge is -2.30. The normalized spacial score (nSPS) is 21.4. The van der Waals surface area contributed by atoms with Gasteiger partial charge in [0.2, 0.25) is 21.8 Å². The van der Waals surface area contributed by atoms with Crippen molar-refractivity contribution in [2.75, 3.05) is 25.9 Å². The Labute approximate surface area is 160 Å². The Morgan fingerprint density at radius 2 is 1.85 bits per heavy atom. The largest absolute Gasteiger partial charge is 0.352 e. The molecule has 0 spiro atoms. The Hall–Kier alpha value is -1.93. The van der Waals surface area contributed by atoms with Crippen LogP contribution in [-0.4, -0.2) is 55.3 Å². The van der Waals surface area contributed by atoms with Crippen LogP contribution in [0.25, 0.3) is 0 Å². The molecule has 148 valence electrons. The van der Waals surface area contributed by atoms with E-state index >= 15 is 0 Å². The van der Waals surface area contributed by atoms with Crippen LogP contribution in [-0.2, 0) is 32.7 Å². The molecule has 1 unspecified atom stereocenters. The zero-order valence-electron chi connectivity index (χ0n) is 15.7. The van der Waals surface area contributed by atoms with E-state index in [2.05, 4.69) is 5.32 Å². The maximum atomic E-state index is 12.4. The lowest BCUT2D eigenvalue weighted by atomic mass is 9.98. The van der Waals surface area contributed by atoms with E-state index in [1.165, 1.54) is 10.6 Å². The molecule has 27 heavy (non-hydrogen) atoms. The van der Waals surface area contributed by atoms with Gasteiger partial charge in [-0.05, 0) is 30.4 Å². The Kier molecular flexibility index (Phi) is 6.16. The van der Waals surface area contributed by atoms with Crippen molar-refractivity contribution in [2.45, 2.75) is 38.8 Å². The molecule has 2 amide bonds. The molecule has 2 aliphatic rings. The van der Waals surface area contributed by atoms with E-state index in [1.54, 1.807) is 0 Å². The zero-order chi connectivity index (χ0) is 19.4. The number of benzene rings is 1. The number of hydrogen-bond acceptors (Lipinski definition) is 4. The van der Waals surface area contributed by atoms with Crippen molar-refractivity contribution in [2.24, 2.45) is 5.92 Å². The van der Waals surface area contributed by atoms with E-state index in [4.69, 9.17) is 0 Å². The van der Waals surface area contributed by atoms with Gasteiger partial charge in [0.05, 0.1) is 12.2 Å². The first-order chi connectivity index (χ1) is 12.8. The summed E-state index contributed by atoms with van der Waals surface area (Å²) in [5.74, 6) is -0.189. The first-order valence-electron chi connectivity index (χ1n) is 9.41. The number of nitrogens with one attached hydrogen (secondary N) is 1. The minimum atomic E-state index is -3.25. The van der Waals surface area contributed by atoms with Gasteiger partial charge < -0.3 is 10.2 Å². The number of carbonyl (C=O) groups excluding carboxylic acids is 2. The standard InChI is InChI=1S/C19H27N3O4S/c1-27(25,26)22-11-2-4-17(14-22)19(24)20-12-15-6-8-16(9-7-15)13-21-10-3-5-18(21)23/h6-9,17H,2-5,10-14H2,1H3,(H,20,24). The molecule has 0 bridgehead atoms. The molecular weight excluding hydrogens is 366 g/mol. The average molecular weight is 394 g/mol. The van der Waals surface area contributed by atoms with Crippen molar-refractivity contribution in [3.63, 3.8) is 0 Å². The molecule has 0 aliphatic carbocycles. The third-order valence-corrected chi connectivity index (χ3v) is 6.53. The van der Waals surface area contributed by atoms with Gasteiger partial charge in [0.1, 0.15) is 0 Å². The van der Waals surface area contributed by atoms with E-state index in [-0.39, 0.29) is 24.3 Å². The molecule has 1 N–H and O–H groups in total. The quantitative estimate of drug-likeness (QED) is 0.784. The van der Waals surface area contributed by atoms with Crippen molar-refractivity contribution in [3.05, 3.63) is 35.4 Å². The molecule has 2 heterocycles. The predicted octanol–water partition coefficient (Wildman–Crippen LogP) is 1.10. The molecule has 1 atom stereocenters. The number of piperidine rings is 1. The first kappa shape index (κ1) is 19.8. The fourth-order valence-corrected chi connectivity index (χ4v) is 4.56. The molecule has 7 nitrogen and oxygen atoms in total. The fraction of sp³-hybridized carbons (Fsp3) is 0.579. The zero-order valence-corrected chi connectivity index (χ0v) is 16.5. The fourth-order valence-electron chi connectivity index (χ4n) is 3.65. The van der Waals surface area contributed by atoms with Crippen LogP contribution in [0.15, 0.2) is 24.3 Å². The highest BCUT2D eigenvalue weighted by Gasteiger charge is 2.30. The van der Waals surface area contributed by atoms with Crippen LogP contribution < -0.4 is 5.32 Å². The molecule has 0 saturated carbocycles. The predicted molar refractivity (Wildman–Crippen MR) is 102 cm³/mol. The minimum absolute atomic E-state index is 0.102. The molecular formula is C19H27N3O4S. The SMILES string of the molecule is CS(=O)(=O)N1CCCC(C(=O)NCc2ccc(CN3CCCC3=O)cc2)C1. The number of hydrogen-bond donors (Lipinski definition) is 1. The number of rotatable bonds is 6. The highest BCUT2D eigenvalue weighted by atomic mass is 32.2. The van der Waals surface area contributed by atoms with E-state index in [0.29, 0.717) is 38.9 Å². The second-order valence-corrected chi connectivity index (χ2v) is 9.40. The second-order valence-electron chi connectivity index (χ2n) is 7.41. The third kappa shape index (κ3) is 5.29. The Balaban J connectivity index is 1.49. The summed E-state index contributed by atoms with van der Waals surface area (Å²) < 4.78 is 24.7. The van der Waals surface area contributed by atoms with Crippen LogP contribution in [0.1, 0.15) is 36.8 Å². The summed E-state index contributed by atoms with van der Waals surface area (Å²) in [5.41, 5.74) is 2.06. The summed E-state index contributed by atoms with van der Waals surface area (Å²) >= 11 is 0. The monoisotopic (exact) mass is 393 g/mol. The summed E-state index contributed by atoms with van der Waals surface area (Å²) in [5, 5.41) is 2.92. The van der Waals surface area contributed by atoms with Gasteiger partial charge in [-0.3, -0.25) is 9.59 Å². The van der Waals surface area contributed by atoms with Gasteiger partial charge in [0.25, 0.3) is 0 Å². The maximum absolute atomic E-state index is 12.4. The summed E-state index contributed by atoms with van der Waals surface area (Å²) in [4.78, 5) is 26.0. The third-order valence-electron chi connectivity index (χ3n) is 5.26. The van der Waals surface area contributed by atoms with Gasteiger partial charge in [0, 0.05) is 39.1 Å². The van der Waals surface area contributed by atoms with Crippen molar-refractivity contribution < 1.29 is 18.0 Å². The molecule has 1 aromatic carbocycles. The van der Waals surface area contributed by atoms with Crippen molar-refractivity contribution in [3.8, 4) is 0 Å². The number of likely N-dealkylation sites (tertiary alicyclic amines) is 1. The molecule has 8 heteroatoms. The summed E-state index contributed by atoms with van der Waals surface area (Å²) in [7, 11) is -3.25. The van der Waals surface area contributed by atoms with E-state index < -0.39 is 10.0 Å². The topological polar surface area (TPSA) is 86.8 Å². The lowest BCUT2D eigenvalue weighted by molar-refractivity contribution is -0.128.